The molecule has 0 aliphatic carbocycles. The van der Waals surface area contributed by atoms with Crippen LogP contribution in [0.25, 0.3) is 5.69 Å². The van der Waals surface area contributed by atoms with E-state index < -0.39 is 9.84 Å². The first-order valence-electron chi connectivity index (χ1n) is 9.04. The van der Waals surface area contributed by atoms with Crippen LogP contribution < -0.4 is 5.56 Å². The quantitative estimate of drug-likeness (QED) is 0.595. The molecule has 146 valence electrons. The first-order valence-corrected chi connectivity index (χ1v) is 10.7. The molecule has 7 nitrogen and oxygen atoms in total. The van der Waals surface area contributed by atoms with Crippen molar-refractivity contribution in [2.75, 3.05) is 5.75 Å². The number of aromatic amines is 1. The second kappa shape index (κ2) is 8.35. The van der Waals surface area contributed by atoms with Crippen LogP contribution in [0.1, 0.15) is 25.5 Å². The summed E-state index contributed by atoms with van der Waals surface area (Å²) in [5.41, 5.74) is 1.69. The summed E-state index contributed by atoms with van der Waals surface area (Å²) in [5.74, 6) is 0.131. The highest BCUT2D eigenvalue weighted by molar-refractivity contribution is 7.91. The summed E-state index contributed by atoms with van der Waals surface area (Å²) in [7, 11) is -3.28. The SMILES string of the molecule is CCCCS(=O)(=O)c1ccc(N=Nc2c(C)[nH]n(-c3ccccc3)c2=O)cc1. The summed E-state index contributed by atoms with van der Waals surface area (Å²) in [5, 5.41) is 11.1. The molecule has 0 aliphatic heterocycles. The highest BCUT2D eigenvalue weighted by atomic mass is 32.2. The van der Waals surface area contributed by atoms with E-state index in [4.69, 9.17) is 0 Å². The molecule has 0 amide bonds. The molecule has 28 heavy (non-hydrogen) atoms. The van der Waals surface area contributed by atoms with Crippen molar-refractivity contribution in [3.05, 3.63) is 70.6 Å². The molecule has 0 fully saturated rings. The van der Waals surface area contributed by atoms with Crippen molar-refractivity contribution in [1.29, 1.82) is 0 Å². The zero-order chi connectivity index (χ0) is 20.1. The van der Waals surface area contributed by atoms with Gasteiger partial charge in [-0.3, -0.25) is 9.89 Å². The van der Waals surface area contributed by atoms with Gasteiger partial charge in [-0.25, -0.2) is 13.1 Å². The van der Waals surface area contributed by atoms with Crippen molar-refractivity contribution < 1.29 is 8.42 Å². The van der Waals surface area contributed by atoms with Gasteiger partial charge in [-0.1, -0.05) is 31.5 Å². The minimum Gasteiger partial charge on any atom is -0.293 e. The molecule has 0 spiro atoms. The van der Waals surface area contributed by atoms with Crippen molar-refractivity contribution in [2.24, 2.45) is 10.2 Å². The Morgan fingerprint density at radius 1 is 1.00 bits per heavy atom. The van der Waals surface area contributed by atoms with E-state index in [0.29, 0.717) is 23.5 Å². The summed E-state index contributed by atoms with van der Waals surface area (Å²) in [4.78, 5) is 12.9. The smallest absolute Gasteiger partial charge is 0.293 e. The molecule has 0 aliphatic rings. The number of azo groups is 1. The van der Waals surface area contributed by atoms with Gasteiger partial charge >= 0.3 is 0 Å². The number of rotatable bonds is 7. The van der Waals surface area contributed by atoms with Gasteiger partial charge in [0, 0.05) is 0 Å². The van der Waals surface area contributed by atoms with Crippen molar-refractivity contribution in [3.8, 4) is 5.69 Å². The van der Waals surface area contributed by atoms with E-state index in [2.05, 4.69) is 15.3 Å². The van der Waals surface area contributed by atoms with Crippen molar-refractivity contribution in [1.82, 2.24) is 9.78 Å². The van der Waals surface area contributed by atoms with Gasteiger partial charge in [-0.15, -0.1) is 5.11 Å². The molecule has 0 bridgehead atoms. The minimum absolute atomic E-state index is 0.131. The van der Waals surface area contributed by atoms with Gasteiger partial charge in [0.05, 0.1) is 27.7 Å². The standard InChI is InChI=1S/C20H22N4O3S/c1-3-4-14-28(26,27)18-12-10-16(11-13-18)21-22-19-15(2)23-24(20(19)25)17-8-6-5-7-9-17/h5-13,23H,3-4,14H2,1-2H3. The van der Waals surface area contributed by atoms with Crippen LogP contribution in [0, 0.1) is 6.92 Å². The Morgan fingerprint density at radius 2 is 1.68 bits per heavy atom. The molecular weight excluding hydrogens is 376 g/mol. The summed E-state index contributed by atoms with van der Waals surface area (Å²) >= 11 is 0. The third-order valence-corrected chi connectivity index (χ3v) is 6.10. The first kappa shape index (κ1) is 19.8. The van der Waals surface area contributed by atoms with Gasteiger partial charge < -0.3 is 0 Å². The Labute approximate surface area is 163 Å². The molecule has 8 heteroatoms. The predicted molar refractivity (Wildman–Crippen MR) is 109 cm³/mol. The van der Waals surface area contributed by atoms with Crippen molar-refractivity contribution >= 4 is 21.2 Å². The van der Waals surface area contributed by atoms with E-state index in [1.807, 2.05) is 37.3 Å². The number of sulfone groups is 1. The molecule has 1 aromatic heterocycles. The minimum atomic E-state index is -3.28. The molecule has 0 saturated heterocycles. The normalized spacial score (nSPS) is 11.9. The lowest BCUT2D eigenvalue weighted by Crippen LogP contribution is -2.13. The Balaban J connectivity index is 1.83. The molecule has 2 aromatic carbocycles. The fraction of sp³-hybridized carbons (Fsp3) is 0.250. The van der Waals surface area contributed by atoms with E-state index in [9.17, 15) is 13.2 Å². The molecule has 1 N–H and O–H groups in total. The van der Waals surface area contributed by atoms with Gasteiger partial charge in [0.15, 0.2) is 15.5 Å². The predicted octanol–water partition coefficient (Wildman–Crippen LogP) is 4.46. The summed E-state index contributed by atoms with van der Waals surface area (Å²) < 4.78 is 25.8. The maximum atomic E-state index is 12.6. The number of aromatic nitrogens is 2. The van der Waals surface area contributed by atoms with E-state index in [-0.39, 0.29) is 21.9 Å². The number of hydrogen-bond acceptors (Lipinski definition) is 5. The van der Waals surface area contributed by atoms with Gasteiger partial charge in [-0.05, 0) is 49.7 Å². The molecule has 0 atom stereocenters. The average Bonchev–Trinajstić information content (AvgIpc) is 2.99. The van der Waals surface area contributed by atoms with Crippen LogP contribution >= 0.6 is 0 Å². The number of H-pyrrole nitrogens is 1. The van der Waals surface area contributed by atoms with E-state index in [1.54, 1.807) is 19.1 Å². The van der Waals surface area contributed by atoms with Crippen LogP contribution in [0.2, 0.25) is 0 Å². The number of nitrogens with one attached hydrogen (secondary N) is 1. The zero-order valence-corrected chi connectivity index (χ0v) is 16.6. The highest BCUT2D eigenvalue weighted by Crippen LogP contribution is 2.21. The van der Waals surface area contributed by atoms with Crippen LogP contribution in [-0.2, 0) is 9.84 Å². The van der Waals surface area contributed by atoms with E-state index >= 15 is 0 Å². The zero-order valence-electron chi connectivity index (χ0n) is 15.8. The second-order valence-corrected chi connectivity index (χ2v) is 8.54. The molecule has 3 rings (SSSR count). The summed E-state index contributed by atoms with van der Waals surface area (Å²) in [6.07, 6.45) is 1.45. The maximum absolute atomic E-state index is 12.6. The van der Waals surface area contributed by atoms with Crippen LogP contribution in [-0.4, -0.2) is 24.0 Å². The van der Waals surface area contributed by atoms with Crippen LogP contribution in [0.3, 0.4) is 0 Å². The average molecular weight is 398 g/mol. The van der Waals surface area contributed by atoms with Crippen molar-refractivity contribution in [2.45, 2.75) is 31.6 Å². The van der Waals surface area contributed by atoms with Crippen LogP contribution in [0.5, 0.6) is 0 Å². The lowest BCUT2D eigenvalue weighted by Gasteiger charge is -2.03. The number of unbranched alkanes of at least 4 members (excludes halogenated alkanes) is 1. The third-order valence-electron chi connectivity index (χ3n) is 4.28. The van der Waals surface area contributed by atoms with E-state index in [0.717, 1.165) is 6.42 Å². The lowest BCUT2D eigenvalue weighted by atomic mass is 10.3. The van der Waals surface area contributed by atoms with Gasteiger partial charge in [0.2, 0.25) is 0 Å². The Bertz CT molecular complexity index is 1130. The van der Waals surface area contributed by atoms with Gasteiger partial charge in [-0.2, -0.15) is 5.11 Å². The number of benzene rings is 2. The van der Waals surface area contributed by atoms with Crippen molar-refractivity contribution in [3.63, 3.8) is 0 Å². The number of hydrogen-bond donors (Lipinski definition) is 1. The van der Waals surface area contributed by atoms with Crippen LogP contribution in [0.15, 0.2) is 74.5 Å². The highest BCUT2D eigenvalue weighted by Gasteiger charge is 2.14. The summed E-state index contributed by atoms with van der Waals surface area (Å²) in [6, 6.07) is 15.4. The number of nitrogens with zero attached hydrogens (tertiary/aromatic N) is 3. The first-order chi connectivity index (χ1) is 13.4. The fourth-order valence-electron chi connectivity index (χ4n) is 2.69. The molecule has 0 saturated carbocycles. The summed E-state index contributed by atoms with van der Waals surface area (Å²) in [6.45, 7) is 3.70. The second-order valence-electron chi connectivity index (χ2n) is 6.43. The monoisotopic (exact) mass is 398 g/mol. The topological polar surface area (TPSA) is 96.7 Å². The third kappa shape index (κ3) is 4.28. The Morgan fingerprint density at radius 3 is 2.32 bits per heavy atom. The van der Waals surface area contributed by atoms with Crippen LogP contribution in [0.4, 0.5) is 11.4 Å². The van der Waals surface area contributed by atoms with E-state index in [1.165, 1.54) is 16.8 Å². The molecular formula is C20H22N4O3S. The largest absolute Gasteiger partial charge is 0.299 e. The molecule has 3 aromatic rings. The lowest BCUT2D eigenvalue weighted by molar-refractivity contribution is 0.592. The fourth-order valence-corrected chi connectivity index (χ4v) is 4.15. The molecule has 0 radical (unpaired) electrons. The Hall–Kier alpha value is -3.00. The number of para-hydroxylation sites is 1. The molecule has 1 heterocycles. The Kier molecular flexibility index (Phi) is 5.89. The van der Waals surface area contributed by atoms with Gasteiger partial charge in [0.1, 0.15) is 0 Å². The molecule has 0 unspecified atom stereocenters. The maximum Gasteiger partial charge on any atom is 0.299 e. The number of aryl methyl sites for hydroxylation is 1. The van der Waals surface area contributed by atoms with Gasteiger partial charge in [0.25, 0.3) is 5.56 Å².